The maximum Gasteiger partial charge on any atom is 0.321 e. The number of ether oxygens (including phenoxy) is 1. The van der Waals surface area contributed by atoms with Crippen molar-refractivity contribution in [2.75, 3.05) is 0 Å². The number of benzene rings is 2. The largest absolute Gasteiger partial charge is 0.484 e. The van der Waals surface area contributed by atoms with E-state index >= 15 is 0 Å². The molecule has 37 heavy (non-hydrogen) atoms. The number of aromatic nitrogens is 3. The van der Waals surface area contributed by atoms with Crippen molar-refractivity contribution in [3.05, 3.63) is 89.0 Å². The van der Waals surface area contributed by atoms with Crippen LogP contribution in [0.4, 0.5) is 8.78 Å². The van der Waals surface area contributed by atoms with Gasteiger partial charge in [0.1, 0.15) is 11.9 Å². The molecule has 0 unspecified atom stereocenters. The quantitative estimate of drug-likeness (QED) is 0.387. The van der Waals surface area contributed by atoms with Gasteiger partial charge in [-0.1, -0.05) is 44.2 Å². The van der Waals surface area contributed by atoms with E-state index in [0.29, 0.717) is 12.7 Å². The molecular formula is C27H30F2N4O4. The molecule has 2 aromatic carbocycles. The third-order valence-electron chi connectivity index (χ3n) is 5.99. The Morgan fingerprint density at radius 1 is 1.08 bits per heavy atom. The van der Waals surface area contributed by atoms with E-state index in [0.717, 1.165) is 22.2 Å². The Hall–Kier alpha value is -4.05. The van der Waals surface area contributed by atoms with Crippen LogP contribution in [0, 0.1) is 5.92 Å². The van der Waals surface area contributed by atoms with Crippen LogP contribution < -0.4 is 15.6 Å². The molecule has 0 aliphatic carbocycles. The number of nitrogens with zero attached hydrogens (tertiary/aromatic N) is 3. The van der Waals surface area contributed by atoms with E-state index in [1.54, 1.807) is 36.3 Å². The monoisotopic (exact) mass is 512 g/mol. The maximum absolute atomic E-state index is 13.7. The molecule has 0 spiro atoms. The minimum atomic E-state index is -3.51. The molecule has 4 aromatic rings. The Balaban J connectivity index is 0.00000380. The highest BCUT2D eigenvalue weighted by atomic mass is 19.3. The predicted molar refractivity (Wildman–Crippen MR) is 137 cm³/mol. The van der Waals surface area contributed by atoms with Gasteiger partial charge in [-0.2, -0.15) is 13.9 Å². The molecule has 196 valence electrons. The van der Waals surface area contributed by atoms with Gasteiger partial charge in [0.2, 0.25) is 5.56 Å². The van der Waals surface area contributed by atoms with Crippen molar-refractivity contribution in [3.8, 4) is 11.4 Å². The smallest absolute Gasteiger partial charge is 0.321 e. The van der Waals surface area contributed by atoms with Crippen LogP contribution in [0.25, 0.3) is 16.6 Å². The standard InChI is InChI=1S/C27H28F2N4O3.H2O/c1-17(2)24(31-26(35)27(3,28)29)25(18-8-6-5-7-9-18)36-21-11-12-22-19(14-21)15-30-33(22)20-10-13-23(34)32(4)16-20;/h5-17,24-25H,1-4H3,(H,31,35);1H2/t24-,25+;/m1./s1. The molecule has 0 bridgehead atoms. The number of carbonyl (C=O) groups excluding carboxylic acids is 1. The van der Waals surface area contributed by atoms with Crippen molar-refractivity contribution in [1.82, 2.24) is 19.7 Å². The summed E-state index contributed by atoms with van der Waals surface area (Å²) in [5.74, 6) is -4.56. The number of carbonyl (C=O) groups is 1. The number of hydrogen-bond donors (Lipinski definition) is 1. The predicted octanol–water partition coefficient (Wildman–Crippen LogP) is 3.82. The number of nitrogens with one attached hydrogen (secondary N) is 1. The topological polar surface area (TPSA) is 110 Å². The molecule has 2 aromatic heterocycles. The lowest BCUT2D eigenvalue weighted by atomic mass is 9.92. The van der Waals surface area contributed by atoms with Gasteiger partial charge in [0, 0.05) is 31.6 Å². The number of amides is 1. The summed E-state index contributed by atoms with van der Waals surface area (Å²) >= 11 is 0. The number of alkyl halides is 2. The number of aryl methyl sites for hydroxylation is 1. The van der Waals surface area contributed by atoms with Gasteiger partial charge in [-0.25, -0.2) is 4.68 Å². The van der Waals surface area contributed by atoms with E-state index in [-0.39, 0.29) is 17.0 Å². The molecule has 0 aliphatic rings. The third kappa shape index (κ3) is 6.03. The first-order valence-electron chi connectivity index (χ1n) is 11.6. The summed E-state index contributed by atoms with van der Waals surface area (Å²) in [6, 6.07) is 17.1. The molecule has 0 radical (unpaired) electrons. The van der Waals surface area contributed by atoms with Crippen molar-refractivity contribution >= 4 is 16.8 Å². The summed E-state index contributed by atoms with van der Waals surface area (Å²) in [7, 11) is 1.67. The van der Waals surface area contributed by atoms with Crippen LogP contribution in [0.3, 0.4) is 0 Å². The van der Waals surface area contributed by atoms with Crippen LogP contribution in [0.15, 0.2) is 77.9 Å². The van der Waals surface area contributed by atoms with Crippen molar-refractivity contribution in [3.63, 3.8) is 0 Å². The molecule has 8 nitrogen and oxygen atoms in total. The normalized spacial score (nSPS) is 13.2. The van der Waals surface area contributed by atoms with Crippen LogP contribution in [-0.2, 0) is 11.8 Å². The summed E-state index contributed by atoms with van der Waals surface area (Å²) < 4.78 is 37.0. The average molecular weight is 513 g/mol. The van der Waals surface area contributed by atoms with E-state index in [1.165, 1.54) is 10.6 Å². The summed E-state index contributed by atoms with van der Waals surface area (Å²) in [6.45, 7) is 4.27. The van der Waals surface area contributed by atoms with Gasteiger partial charge in [0.05, 0.1) is 23.4 Å². The molecule has 10 heteroatoms. The van der Waals surface area contributed by atoms with Crippen LogP contribution in [0.5, 0.6) is 5.75 Å². The van der Waals surface area contributed by atoms with Crippen LogP contribution in [0.2, 0.25) is 0 Å². The minimum Gasteiger partial charge on any atom is -0.484 e. The zero-order valence-corrected chi connectivity index (χ0v) is 21.0. The lowest BCUT2D eigenvalue weighted by molar-refractivity contribution is -0.145. The lowest BCUT2D eigenvalue weighted by Gasteiger charge is -2.32. The Bertz CT molecular complexity index is 1430. The van der Waals surface area contributed by atoms with Gasteiger partial charge in [-0.3, -0.25) is 9.59 Å². The molecule has 2 heterocycles. The van der Waals surface area contributed by atoms with Crippen LogP contribution in [-0.4, -0.2) is 37.7 Å². The summed E-state index contributed by atoms with van der Waals surface area (Å²) in [5, 5.41) is 7.73. The molecule has 0 saturated heterocycles. The summed E-state index contributed by atoms with van der Waals surface area (Å²) in [6.07, 6.45) is 2.67. The number of halogens is 2. The first kappa shape index (κ1) is 27.5. The second kappa shape index (κ2) is 10.9. The third-order valence-corrected chi connectivity index (χ3v) is 5.99. The van der Waals surface area contributed by atoms with Crippen molar-refractivity contribution < 1.29 is 23.8 Å². The number of hydrogen-bond acceptors (Lipinski definition) is 4. The second-order valence-electron chi connectivity index (χ2n) is 9.19. The highest BCUT2D eigenvalue weighted by Gasteiger charge is 2.37. The first-order valence-corrected chi connectivity index (χ1v) is 11.6. The Kier molecular flexibility index (Phi) is 8.12. The van der Waals surface area contributed by atoms with E-state index in [4.69, 9.17) is 4.74 Å². The Morgan fingerprint density at radius 2 is 1.78 bits per heavy atom. The van der Waals surface area contributed by atoms with E-state index in [9.17, 15) is 18.4 Å². The SMILES string of the molecule is CC(C)[C@@H](NC(=O)C(C)(F)F)[C@@H](Oc1ccc2c(cnn2-c2ccc(=O)n(C)c2)c1)c1ccccc1.O. The van der Waals surface area contributed by atoms with Crippen molar-refractivity contribution in [2.24, 2.45) is 13.0 Å². The first-order chi connectivity index (χ1) is 17.0. The average Bonchev–Trinajstić information content (AvgIpc) is 3.26. The van der Waals surface area contributed by atoms with Gasteiger partial charge in [0.25, 0.3) is 5.91 Å². The van der Waals surface area contributed by atoms with Gasteiger partial charge in [-0.15, -0.1) is 0 Å². The molecule has 1 amide bonds. The molecular weight excluding hydrogens is 482 g/mol. The molecule has 0 aliphatic heterocycles. The number of rotatable bonds is 8. The fourth-order valence-electron chi connectivity index (χ4n) is 4.00. The second-order valence-corrected chi connectivity index (χ2v) is 9.19. The lowest BCUT2D eigenvalue weighted by Crippen LogP contribution is -2.49. The summed E-state index contributed by atoms with van der Waals surface area (Å²) in [5.41, 5.74) is 2.16. The highest BCUT2D eigenvalue weighted by Crippen LogP contribution is 2.31. The molecule has 2 atom stereocenters. The van der Waals surface area contributed by atoms with Gasteiger partial charge < -0.3 is 20.1 Å². The Labute approximate surface area is 212 Å². The van der Waals surface area contributed by atoms with E-state index in [1.807, 2.05) is 56.3 Å². The zero-order valence-electron chi connectivity index (χ0n) is 21.0. The fraction of sp³-hybridized carbons (Fsp3) is 0.296. The highest BCUT2D eigenvalue weighted by molar-refractivity contribution is 5.83. The number of fused-ring (bicyclic) bond motifs is 1. The molecule has 0 fully saturated rings. The number of pyridine rings is 1. The van der Waals surface area contributed by atoms with Crippen LogP contribution in [0.1, 0.15) is 32.4 Å². The Morgan fingerprint density at radius 3 is 2.41 bits per heavy atom. The fourth-order valence-corrected chi connectivity index (χ4v) is 4.00. The van der Waals surface area contributed by atoms with E-state index in [2.05, 4.69) is 10.4 Å². The van der Waals surface area contributed by atoms with Gasteiger partial charge in [0.15, 0.2) is 0 Å². The van der Waals surface area contributed by atoms with Crippen molar-refractivity contribution in [1.29, 1.82) is 0 Å². The zero-order chi connectivity index (χ0) is 26.0. The van der Waals surface area contributed by atoms with E-state index < -0.39 is 24.0 Å². The molecule has 3 N–H and O–H groups in total. The van der Waals surface area contributed by atoms with Gasteiger partial charge in [-0.05, 0) is 35.7 Å². The van der Waals surface area contributed by atoms with Crippen LogP contribution >= 0.6 is 0 Å². The summed E-state index contributed by atoms with van der Waals surface area (Å²) in [4.78, 5) is 23.9. The maximum atomic E-state index is 13.7. The van der Waals surface area contributed by atoms with Crippen molar-refractivity contribution in [2.45, 2.75) is 38.8 Å². The molecule has 0 saturated carbocycles. The van der Waals surface area contributed by atoms with Gasteiger partial charge >= 0.3 is 5.92 Å². The molecule has 4 rings (SSSR count). The minimum absolute atomic E-state index is 0.